The molecular weight excluding hydrogens is 230 g/mol. The van der Waals surface area contributed by atoms with Crippen LogP contribution in [-0.2, 0) is 9.53 Å². The molecule has 2 saturated carbocycles. The fourth-order valence-electron chi connectivity index (χ4n) is 3.15. The van der Waals surface area contributed by atoms with E-state index < -0.39 is 0 Å². The van der Waals surface area contributed by atoms with Crippen molar-refractivity contribution in [1.82, 2.24) is 10.2 Å². The number of ether oxygens (including phenoxy) is 1. The molecule has 3 atom stereocenters. The van der Waals surface area contributed by atoms with Gasteiger partial charge < -0.3 is 15.8 Å². The molecule has 0 spiro atoms. The molecule has 102 valence electrons. The summed E-state index contributed by atoms with van der Waals surface area (Å²) in [4.78, 5) is 14.5. The molecule has 3 unspecified atom stereocenters. The number of hydrogen-bond donors (Lipinski definition) is 2. The van der Waals surface area contributed by atoms with E-state index in [1.54, 1.807) is 0 Å². The van der Waals surface area contributed by atoms with E-state index in [0.717, 1.165) is 38.8 Å². The number of nitrogens with zero attached hydrogens (tertiary/aromatic N) is 1. The number of nitrogens with two attached hydrogens (primary N) is 1. The van der Waals surface area contributed by atoms with Crippen molar-refractivity contribution in [1.29, 1.82) is 0 Å². The lowest BCUT2D eigenvalue weighted by atomic mass is 10.1. The Morgan fingerprint density at radius 1 is 1.28 bits per heavy atom. The molecule has 18 heavy (non-hydrogen) atoms. The van der Waals surface area contributed by atoms with Gasteiger partial charge in [-0.2, -0.15) is 0 Å². The largest absolute Gasteiger partial charge is 0.378 e. The maximum atomic E-state index is 12.2. The van der Waals surface area contributed by atoms with Crippen LogP contribution in [0.2, 0.25) is 0 Å². The molecule has 1 saturated heterocycles. The van der Waals surface area contributed by atoms with Crippen molar-refractivity contribution >= 4 is 5.91 Å². The molecule has 5 nitrogen and oxygen atoms in total. The molecule has 5 heteroatoms. The zero-order valence-corrected chi connectivity index (χ0v) is 10.8. The first-order chi connectivity index (χ1) is 8.75. The molecule has 1 amide bonds. The summed E-state index contributed by atoms with van der Waals surface area (Å²) in [5.41, 5.74) is 6.17. The number of carbonyl (C=O) groups excluding carboxylic acids is 1. The first-order valence-corrected chi connectivity index (χ1v) is 7.15. The van der Waals surface area contributed by atoms with E-state index in [1.807, 2.05) is 0 Å². The lowest BCUT2D eigenvalue weighted by Gasteiger charge is -2.40. The van der Waals surface area contributed by atoms with Crippen LogP contribution in [0.25, 0.3) is 0 Å². The summed E-state index contributed by atoms with van der Waals surface area (Å²) in [6.07, 6.45) is 5.64. The molecule has 3 aliphatic rings. The van der Waals surface area contributed by atoms with E-state index in [9.17, 15) is 4.79 Å². The maximum Gasteiger partial charge on any atom is 0.239 e. The molecular formula is C13H23N3O2. The maximum absolute atomic E-state index is 12.2. The number of nitrogens with one attached hydrogen (secondary N) is 1. The Balaban J connectivity index is 1.66. The molecule has 2 aliphatic carbocycles. The van der Waals surface area contributed by atoms with Crippen LogP contribution in [0.4, 0.5) is 0 Å². The topological polar surface area (TPSA) is 67.6 Å². The van der Waals surface area contributed by atoms with E-state index >= 15 is 0 Å². The SMILES string of the molecule is NC1CCCC1N1CCOCC1C(=O)NC1CC1. The summed E-state index contributed by atoms with van der Waals surface area (Å²) < 4.78 is 5.49. The third-order valence-corrected chi connectivity index (χ3v) is 4.35. The smallest absolute Gasteiger partial charge is 0.239 e. The van der Waals surface area contributed by atoms with Gasteiger partial charge in [0.15, 0.2) is 0 Å². The van der Waals surface area contributed by atoms with Crippen LogP contribution in [0.1, 0.15) is 32.1 Å². The number of hydrogen-bond acceptors (Lipinski definition) is 4. The van der Waals surface area contributed by atoms with Crippen LogP contribution in [0.5, 0.6) is 0 Å². The Labute approximate surface area is 108 Å². The second kappa shape index (κ2) is 5.15. The van der Waals surface area contributed by atoms with Gasteiger partial charge in [-0.1, -0.05) is 6.42 Å². The van der Waals surface area contributed by atoms with E-state index in [-0.39, 0.29) is 18.0 Å². The molecule has 3 rings (SSSR count). The molecule has 1 aliphatic heterocycles. The predicted octanol–water partition coefficient (Wildman–Crippen LogP) is -0.154. The predicted molar refractivity (Wildman–Crippen MR) is 68.1 cm³/mol. The number of rotatable bonds is 3. The summed E-state index contributed by atoms with van der Waals surface area (Å²) in [5.74, 6) is 0.135. The highest BCUT2D eigenvalue weighted by molar-refractivity contribution is 5.82. The van der Waals surface area contributed by atoms with Crippen LogP contribution in [0.3, 0.4) is 0 Å². The minimum Gasteiger partial charge on any atom is -0.378 e. The molecule has 1 heterocycles. The molecule has 0 aromatic carbocycles. The van der Waals surface area contributed by atoms with E-state index in [2.05, 4.69) is 10.2 Å². The quantitative estimate of drug-likeness (QED) is 0.734. The average Bonchev–Trinajstić information content (AvgIpc) is 3.09. The second-order valence-corrected chi connectivity index (χ2v) is 5.77. The van der Waals surface area contributed by atoms with E-state index in [1.165, 1.54) is 6.42 Å². The first-order valence-electron chi connectivity index (χ1n) is 7.15. The van der Waals surface area contributed by atoms with E-state index in [4.69, 9.17) is 10.5 Å². The summed E-state index contributed by atoms with van der Waals surface area (Å²) in [5, 5.41) is 3.09. The Morgan fingerprint density at radius 2 is 2.11 bits per heavy atom. The van der Waals surface area contributed by atoms with Gasteiger partial charge in [-0.25, -0.2) is 0 Å². The van der Waals surface area contributed by atoms with Crippen molar-refractivity contribution < 1.29 is 9.53 Å². The highest BCUT2D eigenvalue weighted by Gasteiger charge is 2.39. The first kappa shape index (κ1) is 12.4. The Hall–Kier alpha value is -0.650. The minimum atomic E-state index is -0.131. The third kappa shape index (κ3) is 2.53. The van der Waals surface area contributed by atoms with Gasteiger partial charge in [0.05, 0.1) is 13.2 Å². The van der Waals surface area contributed by atoms with Crippen LogP contribution >= 0.6 is 0 Å². The highest BCUT2D eigenvalue weighted by atomic mass is 16.5. The molecule has 0 radical (unpaired) electrons. The normalized spacial score (nSPS) is 37.7. The monoisotopic (exact) mass is 253 g/mol. The van der Waals surface area contributed by atoms with Gasteiger partial charge in [0.2, 0.25) is 5.91 Å². The lowest BCUT2D eigenvalue weighted by molar-refractivity contribution is -0.134. The van der Waals surface area contributed by atoms with Crippen LogP contribution in [0.15, 0.2) is 0 Å². The van der Waals surface area contributed by atoms with E-state index in [0.29, 0.717) is 18.7 Å². The zero-order valence-electron chi connectivity index (χ0n) is 10.8. The van der Waals surface area contributed by atoms with Crippen molar-refractivity contribution in [3.05, 3.63) is 0 Å². The molecule has 0 aromatic rings. The van der Waals surface area contributed by atoms with Gasteiger partial charge in [0.25, 0.3) is 0 Å². The lowest BCUT2D eigenvalue weighted by Crippen LogP contribution is -2.60. The molecule has 0 aromatic heterocycles. The standard InChI is InChI=1S/C13H23N3O2/c14-10-2-1-3-11(10)16-6-7-18-8-12(16)13(17)15-9-4-5-9/h9-12H,1-8,14H2,(H,15,17). The minimum absolute atomic E-state index is 0.131. The fraction of sp³-hybridized carbons (Fsp3) is 0.923. The van der Waals surface area contributed by atoms with Crippen LogP contribution in [-0.4, -0.2) is 54.7 Å². The van der Waals surface area contributed by atoms with Gasteiger partial charge in [0.1, 0.15) is 6.04 Å². The summed E-state index contributed by atoms with van der Waals surface area (Å²) >= 11 is 0. The van der Waals surface area contributed by atoms with Gasteiger partial charge in [-0.15, -0.1) is 0 Å². The number of amides is 1. The van der Waals surface area contributed by atoms with Gasteiger partial charge in [-0.3, -0.25) is 9.69 Å². The molecule has 3 fully saturated rings. The highest BCUT2D eigenvalue weighted by Crippen LogP contribution is 2.26. The fourth-order valence-corrected chi connectivity index (χ4v) is 3.15. The van der Waals surface area contributed by atoms with Crippen molar-refractivity contribution in [3.63, 3.8) is 0 Å². The van der Waals surface area contributed by atoms with Gasteiger partial charge in [0, 0.05) is 24.7 Å². The summed E-state index contributed by atoms with van der Waals surface area (Å²) in [6.45, 7) is 2.07. The van der Waals surface area contributed by atoms with Crippen molar-refractivity contribution in [2.45, 2.75) is 56.3 Å². The molecule has 3 N–H and O–H groups in total. The zero-order chi connectivity index (χ0) is 12.5. The Morgan fingerprint density at radius 3 is 2.78 bits per heavy atom. The van der Waals surface area contributed by atoms with Gasteiger partial charge >= 0.3 is 0 Å². The Kier molecular flexibility index (Phi) is 3.54. The second-order valence-electron chi connectivity index (χ2n) is 5.77. The third-order valence-electron chi connectivity index (χ3n) is 4.35. The van der Waals surface area contributed by atoms with Crippen molar-refractivity contribution in [2.24, 2.45) is 5.73 Å². The average molecular weight is 253 g/mol. The number of morpholine rings is 1. The Bertz CT molecular complexity index is 319. The van der Waals surface area contributed by atoms with Crippen molar-refractivity contribution in [2.75, 3.05) is 19.8 Å². The number of carbonyl (C=O) groups is 1. The summed E-state index contributed by atoms with van der Waals surface area (Å²) in [7, 11) is 0. The van der Waals surface area contributed by atoms with Crippen molar-refractivity contribution in [3.8, 4) is 0 Å². The van der Waals surface area contributed by atoms with Crippen LogP contribution in [0, 0.1) is 0 Å². The molecule has 0 bridgehead atoms. The van der Waals surface area contributed by atoms with Gasteiger partial charge in [-0.05, 0) is 25.7 Å². The summed E-state index contributed by atoms with van der Waals surface area (Å²) in [6, 6.07) is 0.871. The van der Waals surface area contributed by atoms with Crippen LogP contribution < -0.4 is 11.1 Å².